The molecule has 104 valence electrons. The first-order valence-corrected chi connectivity index (χ1v) is 6.81. The van der Waals surface area contributed by atoms with E-state index >= 15 is 0 Å². The predicted molar refractivity (Wildman–Crippen MR) is 62.5 cm³/mol. The number of aliphatic carboxylic acids is 2. The molecule has 0 saturated heterocycles. The molecule has 0 aliphatic heterocycles. The molecule has 0 amide bonds. The largest absolute Gasteiger partial charge is 0.481 e. The molecule has 1 aromatic heterocycles. The molecule has 1 heterocycles. The van der Waals surface area contributed by atoms with Crippen LogP contribution in [0.15, 0.2) is 24.5 Å². The molecule has 2 unspecified atom stereocenters. The second-order valence-electron chi connectivity index (χ2n) is 3.88. The Morgan fingerprint density at radius 3 is 2.05 bits per heavy atom. The van der Waals surface area contributed by atoms with Crippen LogP contribution in [0.2, 0.25) is 0 Å². The summed E-state index contributed by atoms with van der Waals surface area (Å²) in [6.07, 6.45) is 2.45. The summed E-state index contributed by atoms with van der Waals surface area (Å²) in [7, 11) is -5.07. The number of hydrogen-bond acceptors (Lipinski definition) is 4. The molecule has 0 aliphatic carbocycles. The Balaban J connectivity index is 3.09. The number of rotatable bonds is 6. The molecule has 2 atom stereocenters. The first-order valence-electron chi connectivity index (χ1n) is 5.13. The van der Waals surface area contributed by atoms with Crippen LogP contribution >= 0.6 is 7.60 Å². The first-order chi connectivity index (χ1) is 8.73. The summed E-state index contributed by atoms with van der Waals surface area (Å²) >= 11 is 0. The molecule has 0 aromatic carbocycles. The van der Waals surface area contributed by atoms with Gasteiger partial charge in [0.2, 0.25) is 0 Å². The van der Waals surface area contributed by atoms with E-state index in [0.29, 0.717) is 5.56 Å². The monoisotopic (exact) mass is 289 g/mol. The Labute approximate surface area is 107 Å². The van der Waals surface area contributed by atoms with E-state index in [1.807, 2.05) is 0 Å². The standard InChI is InChI=1S/C10H12NO7P/c12-9(13)7(5-6-1-3-11-4-2-6)8(10(14)15)19(16,17)18/h1-4,7-8H,5H2,(H,12,13)(H,14,15)(H2,16,17,18). The van der Waals surface area contributed by atoms with Crippen molar-refractivity contribution in [2.75, 3.05) is 0 Å². The number of carbonyl (C=O) groups is 2. The summed E-state index contributed by atoms with van der Waals surface area (Å²) in [4.78, 5) is 43.7. The lowest BCUT2D eigenvalue weighted by Gasteiger charge is -2.21. The zero-order valence-electron chi connectivity index (χ0n) is 9.58. The molecular weight excluding hydrogens is 277 g/mol. The Morgan fingerprint density at radius 1 is 1.16 bits per heavy atom. The third-order valence-electron chi connectivity index (χ3n) is 2.52. The van der Waals surface area contributed by atoms with Gasteiger partial charge < -0.3 is 20.0 Å². The van der Waals surface area contributed by atoms with Gasteiger partial charge in [-0.15, -0.1) is 0 Å². The molecule has 9 heteroatoms. The van der Waals surface area contributed by atoms with E-state index in [9.17, 15) is 14.2 Å². The van der Waals surface area contributed by atoms with Crippen LogP contribution in [0, 0.1) is 5.92 Å². The molecule has 0 aliphatic rings. The summed E-state index contributed by atoms with van der Waals surface area (Å²) in [5.41, 5.74) is -1.85. The highest BCUT2D eigenvalue weighted by atomic mass is 31.2. The van der Waals surface area contributed by atoms with Crippen LogP contribution < -0.4 is 0 Å². The quantitative estimate of drug-likeness (QED) is 0.533. The Kier molecular flexibility index (Phi) is 4.77. The Morgan fingerprint density at radius 2 is 1.68 bits per heavy atom. The van der Waals surface area contributed by atoms with Gasteiger partial charge in [0.15, 0.2) is 5.66 Å². The van der Waals surface area contributed by atoms with Crippen LogP contribution in [-0.2, 0) is 20.6 Å². The van der Waals surface area contributed by atoms with Gasteiger partial charge in [-0.1, -0.05) is 0 Å². The van der Waals surface area contributed by atoms with Crippen molar-refractivity contribution >= 4 is 19.5 Å². The van der Waals surface area contributed by atoms with Crippen LogP contribution in [-0.4, -0.2) is 42.6 Å². The van der Waals surface area contributed by atoms with E-state index in [4.69, 9.17) is 20.0 Å². The number of nitrogens with zero attached hydrogens (tertiary/aromatic N) is 1. The minimum absolute atomic E-state index is 0.306. The highest BCUT2D eigenvalue weighted by molar-refractivity contribution is 7.53. The number of pyridine rings is 1. The van der Waals surface area contributed by atoms with Crippen molar-refractivity contribution in [2.45, 2.75) is 12.1 Å². The second-order valence-corrected chi connectivity index (χ2v) is 5.61. The van der Waals surface area contributed by atoms with Gasteiger partial charge in [0.05, 0.1) is 5.92 Å². The van der Waals surface area contributed by atoms with Crippen LogP contribution in [0.4, 0.5) is 0 Å². The van der Waals surface area contributed by atoms with Gasteiger partial charge in [-0.25, -0.2) is 0 Å². The summed E-state index contributed by atoms with van der Waals surface area (Å²) in [6, 6.07) is 2.91. The lowest BCUT2D eigenvalue weighted by molar-refractivity contribution is -0.148. The third-order valence-corrected chi connectivity index (χ3v) is 3.82. The summed E-state index contributed by atoms with van der Waals surface area (Å²) in [6.45, 7) is 0. The normalized spacial score (nSPS) is 14.6. The molecule has 4 N–H and O–H groups in total. The van der Waals surface area contributed by atoms with Gasteiger partial charge in [0.1, 0.15) is 0 Å². The van der Waals surface area contributed by atoms with E-state index in [2.05, 4.69) is 4.98 Å². The Bertz CT molecular complexity index is 512. The van der Waals surface area contributed by atoms with Crippen molar-refractivity contribution in [1.29, 1.82) is 0 Å². The molecule has 0 bridgehead atoms. The molecule has 1 aromatic rings. The topological polar surface area (TPSA) is 145 Å². The molecule has 0 spiro atoms. The van der Waals surface area contributed by atoms with Gasteiger partial charge >= 0.3 is 19.5 Å². The zero-order chi connectivity index (χ0) is 14.6. The van der Waals surface area contributed by atoms with Crippen molar-refractivity contribution in [3.05, 3.63) is 30.1 Å². The smallest absolute Gasteiger partial charge is 0.340 e. The highest BCUT2D eigenvalue weighted by Gasteiger charge is 2.45. The summed E-state index contributed by atoms with van der Waals surface area (Å²) < 4.78 is 11.1. The van der Waals surface area contributed by atoms with Crippen molar-refractivity contribution in [3.8, 4) is 0 Å². The van der Waals surface area contributed by atoms with Crippen LogP contribution in [0.5, 0.6) is 0 Å². The fourth-order valence-electron chi connectivity index (χ4n) is 1.66. The average molecular weight is 289 g/mol. The second kappa shape index (κ2) is 5.92. The van der Waals surface area contributed by atoms with Crippen molar-refractivity contribution < 1.29 is 34.2 Å². The van der Waals surface area contributed by atoms with Crippen LogP contribution in [0.3, 0.4) is 0 Å². The predicted octanol–water partition coefficient (Wildman–Crippen LogP) is -0.0442. The first kappa shape index (κ1) is 15.3. The third kappa shape index (κ3) is 4.13. The lowest BCUT2D eigenvalue weighted by Crippen LogP contribution is -2.36. The minimum atomic E-state index is -5.07. The van der Waals surface area contributed by atoms with E-state index in [1.54, 1.807) is 0 Å². The van der Waals surface area contributed by atoms with Gasteiger partial charge in [-0.05, 0) is 24.1 Å². The molecule has 19 heavy (non-hydrogen) atoms. The number of carboxylic acids is 2. The number of aromatic nitrogens is 1. The van der Waals surface area contributed by atoms with Crippen LogP contribution in [0.25, 0.3) is 0 Å². The maximum absolute atomic E-state index is 11.1. The summed E-state index contributed by atoms with van der Waals surface area (Å²) in [5, 5.41) is 17.8. The summed E-state index contributed by atoms with van der Waals surface area (Å²) in [5.74, 6) is -5.14. The molecule has 1 rings (SSSR count). The molecule has 0 saturated carbocycles. The van der Waals surface area contributed by atoms with E-state index in [1.165, 1.54) is 24.5 Å². The number of hydrogen-bond donors (Lipinski definition) is 4. The van der Waals surface area contributed by atoms with Crippen molar-refractivity contribution in [2.24, 2.45) is 5.92 Å². The minimum Gasteiger partial charge on any atom is -0.481 e. The fraction of sp³-hybridized carbons (Fsp3) is 0.300. The van der Waals surface area contributed by atoms with Gasteiger partial charge in [-0.3, -0.25) is 19.1 Å². The molecule has 8 nitrogen and oxygen atoms in total. The van der Waals surface area contributed by atoms with Crippen molar-refractivity contribution in [3.63, 3.8) is 0 Å². The SMILES string of the molecule is O=C(O)C(Cc1ccncc1)C(C(=O)O)P(=O)(O)O. The molecule has 0 fully saturated rings. The highest BCUT2D eigenvalue weighted by Crippen LogP contribution is 2.46. The van der Waals surface area contributed by atoms with E-state index in [0.717, 1.165) is 0 Å². The van der Waals surface area contributed by atoms with Gasteiger partial charge in [0, 0.05) is 12.4 Å². The fourth-order valence-corrected chi connectivity index (χ4v) is 2.65. The van der Waals surface area contributed by atoms with Gasteiger partial charge in [-0.2, -0.15) is 0 Å². The number of carboxylic acid groups (broad SMARTS) is 2. The van der Waals surface area contributed by atoms with Gasteiger partial charge in [0.25, 0.3) is 0 Å². The lowest BCUT2D eigenvalue weighted by atomic mass is 9.96. The average Bonchev–Trinajstić information content (AvgIpc) is 2.27. The maximum atomic E-state index is 11.1. The Hall–Kier alpha value is -1.76. The zero-order valence-corrected chi connectivity index (χ0v) is 10.5. The van der Waals surface area contributed by atoms with Crippen LogP contribution in [0.1, 0.15) is 5.56 Å². The van der Waals surface area contributed by atoms with E-state index in [-0.39, 0.29) is 6.42 Å². The maximum Gasteiger partial charge on any atom is 0.340 e. The molecule has 0 radical (unpaired) electrons. The van der Waals surface area contributed by atoms with Crippen molar-refractivity contribution in [1.82, 2.24) is 4.98 Å². The molecular formula is C10H12NO7P. The van der Waals surface area contributed by atoms with E-state index < -0.39 is 31.1 Å².